The van der Waals surface area contributed by atoms with Gasteiger partial charge in [0.15, 0.2) is 0 Å². The molecule has 1 N–H and O–H groups in total. The van der Waals surface area contributed by atoms with Gasteiger partial charge >= 0.3 is 0 Å². The zero-order valence-corrected chi connectivity index (χ0v) is 16.0. The first-order chi connectivity index (χ1) is 13.5. The third kappa shape index (κ3) is 5.29. The molecule has 0 aliphatic carbocycles. The van der Waals surface area contributed by atoms with Crippen molar-refractivity contribution in [3.63, 3.8) is 0 Å². The number of hydrogen-bond acceptors (Lipinski definition) is 5. The van der Waals surface area contributed by atoms with E-state index in [0.29, 0.717) is 11.7 Å². The zero-order chi connectivity index (χ0) is 19.9. The van der Waals surface area contributed by atoms with E-state index in [-0.39, 0.29) is 23.8 Å². The minimum atomic E-state index is -0.521. The lowest BCUT2D eigenvalue weighted by molar-refractivity contribution is -0.384. The summed E-state index contributed by atoms with van der Waals surface area (Å²) < 4.78 is 5.01. The third-order valence-corrected chi connectivity index (χ3v) is 5.12. The summed E-state index contributed by atoms with van der Waals surface area (Å²) in [6, 6.07) is 14.9. The van der Waals surface area contributed by atoms with E-state index in [9.17, 15) is 14.9 Å². The average Bonchev–Trinajstić information content (AvgIpc) is 2.70. The van der Waals surface area contributed by atoms with Crippen molar-refractivity contribution in [1.82, 2.24) is 4.90 Å². The van der Waals surface area contributed by atoms with Gasteiger partial charge in [-0.25, -0.2) is 0 Å². The van der Waals surface area contributed by atoms with Gasteiger partial charge in [-0.15, -0.1) is 0 Å². The number of carbonyl (C=O) groups excluding carboxylic acids is 1. The Labute approximate surface area is 164 Å². The number of methoxy groups -OCH3 is 1. The van der Waals surface area contributed by atoms with Crippen molar-refractivity contribution in [2.75, 3.05) is 32.1 Å². The molecule has 1 fully saturated rings. The number of piperidine rings is 1. The van der Waals surface area contributed by atoms with Gasteiger partial charge in [0.1, 0.15) is 11.4 Å². The van der Waals surface area contributed by atoms with Gasteiger partial charge in [-0.1, -0.05) is 30.3 Å². The van der Waals surface area contributed by atoms with E-state index in [1.54, 1.807) is 6.07 Å². The second kappa shape index (κ2) is 9.32. The minimum absolute atomic E-state index is 0.172. The molecule has 2 aromatic carbocycles. The Kier molecular flexibility index (Phi) is 6.60. The largest absolute Gasteiger partial charge is 0.496 e. The third-order valence-electron chi connectivity index (χ3n) is 5.12. The van der Waals surface area contributed by atoms with Gasteiger partial charge in [-0.2, -0.15) is 0 Å². The van der Waals surface area contributed by atoms with Crippen LogP contribution in [-0.4, -0.2) is 42.5 Å². The molecule has 0 bridgehead atoms. The van der Waals surface area contributed by atoms with Crippen molar-refractivity contribution in [3.8, 4) is 5.75 Å². The summed E-state index contributed by atoms with van der Waals surface area (Å²) in [5.74, 6) is 0.768. The van der Waals surface area contributed by atoms with Crippen LogP contribution in [0.3, 0.4) is 0 Å². The van der Waals surface area contributed by atoms with Crippen LogP contribution in [0.1, 0.15) is 18.4 Å². The summed E-state index contributed by atoms with van der Waals surface area (Å²) in [6.45, 7) is 1.95. The molecule has 0 unspecified atom stereocenters. The van der Waals surface area contributed by atoms with Crippen molar-refractivity contribution in [1.29, 1.82) is 0 Å². The summed E-state index contributed by atoms with van der Waals surface area (Å²) in [5.41, 5.74) is 1.37. The first kappa shape index (κ1) is 19.8. The van der Waals surface area contributed by atoms with E-state index in [1.165, 1.54) is 24.8 Å². The maximum Gasteiger partial charge on any atom is 0.296 e. The highest BCUT2D eigenvalue weighted by Gasteiger charge is 2.22. The van der Waals surface area contributed by atoms with Crippen molar-refractivity contribution < 1.29 is 14.5 Å². The molecule has 0 aromatic heterocycles. The van der Waals surface area contributed by atoms with Gasteiger partial charge in [0.25, 0.3) is 5.69 Å². The maximum absolute atomic E-state index is 12.4. The molecule has 1 aliphatic heterocycles. The van der Waals surface area contributed by atoms with Crippen LogP contribution in [0.5, 0.6) is 5.75 Å². The number of likely N-dealkylation sites (tertiary alicyclic amines) is 1. The van der Waals surface area contributed by atoms with Crippen LogP contribution in [0, 0.1) is 16.0 Å². The van der Waals surface area contributed by atoms with Gasteiger partial charge in [0, 0.05) is 0 Å². The van der Waals surface area contributed by atoms with E-state index in [4.69, 9.17) is 4.74 Å². The number of hydrogen-bond donors (Lipinski definition) is 1. The summed E-state index contributed by atoms with van der Waals surface area (Å²) in [5, 5.41) is 13.9. The maximum atomic E-state index is 12.4. The van der Waals surface area contributed by atoms with Crippen LogP contribution in [0.4, 0.5) is 11.4 Å². The lowest BCUT2D eigenvalue weighted by atomic mass is 9.90. The number of nitro groups is 1. The Hall–Kier alpha value is -2.93. The van der Waals surface area contributed by atoms with Crippen LogP contribution in [0.15, 0.2) is 48.5 Å². The molecule has 0 radical (unpaired) electrons. The summed E-state index contributed by atoms with van der Waals surface area (Å²) in [7, 11) is 1.44. The molecule has 1 heterocycles. The smallest absolute Gasteiger partial charge is 0.296 e. The van der Waals surface area contributed by atoms with Crippen LogP contribution in [-0.2, 0) is 11.2 Å². The Bertz CT molecular complexity index is 818. The summed E-state index contributed by atoms with van der Waals surface area (Å²) in [6.07, 6.45) is 3.16. The molecule has 0 atom stereocenters. The van der Waals surface area contributed by atoms with Crippen molar-refractivity contribution in [2.24, 2.45) is 5.92 Å². The Morgan fingerprint density at radius 1 is 1.21 bits per heavy atom. The van der Waals surface area contributed by atoms with E-state index < -0.39 is 4.92 Å². The number of anilines is 1. The summed E-state index contributed by atoms with van der Waals surface area (Å²) in [4.78, 5) is 25.2. The second-order valence-corrected chi connectivity index (χ2v) is 7.10. The Morgan fingerprint density at radius 2 is 1.93 bits per heavy atom. The van der Waals surface area contributed by atoms with E-state index >= 15 is 0 Å². The molecular weight excluding hydrogens is 358 g/mol. The topological polar surface area (TPSA) is 84.7 Å². The van der Waals surface area contributed by atoms with Gasteiger partial charge in [0.05, 0.1) is 24.6 Å². The molecule has 7 heteroatoms. The monoisotopic (exact) mass is 383 g/mol. The molecule has 28 heavy (non-hydrogen) atoms. The molecule has 3 rings (SSSR count). The molecule has 7 nitrogen and oxygen atoms in total. The van der Waals surface area contributed by atoms with Crippen LogP contribution < -0.4 is 10.1 Å². The molecule has 1 saturated heterocycles. The molecule has 1 amide bonds. The fraction of sp³-hybridized carbons (Fsp3) is 0.381. The number of amides is 1. The van der Waals surface area contributed by atoms with E-state index in [0.717, 1.165) is 32.4 Å². The normalized spacial score (nSPS) is 15.2. The van der Waals surface area contributed by atoms with Gasteiger partial charge in [-0.05, 0) is 56.0 Å². The zero-order valence-electron chi connectivity index (χ0n) is 16.0. The fourth-order valence-electron chi connectivity index (χ4n) is 3.58. The van der Waals surface area contributed by atoms with Crippen molar-refractivity contribution in [2.45, 2.75) is 19.3 Å². The lowest BCUT2D eigenvalue weighted by Gasteiger charge is -2.31. The predicted octanol–water partition coefficient (Wildman–Crippen LogP) is 3.50. The molecular formula is C21H25N3O4. The Balaban J connectivity index is 1.50. The first-order valence-electron chi connectivity index (χ1n) is 9.43. The van der Waals surface area contributed by atoms with Crippen LogP contribution in [0.25, 0.3) is 0 Å². The fourth-order valence-corrected chi connectivity index (χ4v) is 3.58. The molecule has 0 saturated carbocycles. The minimum Gasteiger partial charge on any atom is -0.496 e. The number of benzene rings is 2. The highest BCUT2D eigenvalue weighted by molar-refractivity contribution is 5.94. The molecule has 0 spiro atoms. The second-order valence-electron chi connectivity index (χ2n) is 7.10. The van der Waals surface area contributed by atoms with Crippen LogP contribution in [0.2, 0.25) is 0 Å². The van der Waals surface area contributed by atoms with Gasteiger partial charge in [-0.3, -0.25) is 19.8 Å². The predicted molar refractivity (Wildman–Crippen MR) is 108 cm³/mol. The van der Waals surface area contributed by atoms with Gasteiger partial charge in [0.2, 0.25) is 5.91 Å². The van der Waals surface area contributed by atoms with E-state index in [2.05, 4.69) is 34.5 Å². The van der Waals surface area contributed by atoms with E-state index in [1.807, 2.05) is 6.07 Å². The van der Waals surface area contributed by atoms with Crippen molar-refractivity contribution >= 4 is 17.3 Å². The highest BCUT2D eigenvalue weighted by atomic mass is 16.6. The number of nitro benzene ring substituents is 1. The molecule has 148 valence electrons. The lowest BCUT2D eigenvalue weighted by Crippen LogP contribution is -2.39. The standard InChI is InChI=1S/C21H25N3O4/c1-28-18-7-8-19(20(14-18)24(26)27)22-21(25)15-23-11-9-17(10-12-23)13-16-5-3-2-4-6-16/h2-8,14,17H,9-13,15H2,1H3,(H,22,25). The molecule has 2 aromatic rings. The van der Waals surface area contributed by atoms with Gasteiger partial charge < -0.3 is 10.1 Å². The Morgan fingerprint density at radius 3 is 2.57 bits per heavy atom. The van der Waals surface area contributed by atoms with Crippen molar-refractivity contribution in [3.05, 3.63) is 64.2 Å². The number of rotatable bonds is 7. The first-order valence-corrected chi connectivity index (χ1v) is 9.43. The molecule has 1 aliphatic rings. The number of carbonyl (C=O) groups is 1. The quantitative estimate of drug-likeness (QED) is 0.584. The number of nitrogens with one attached hydrogen (secondary N) is 1. The van der Waals surface area contributed by atoms with Crippen LogP contribution >= 0.6 is 0 Å². The number of ether oxygens (including phenoxy) is 1. The number of nitrogens with zero attached hydrogens (tertiary/aromatic N) is 2. The highest BCUT2D eigenvalue weighted by Crippen LogP contribution is 2.29. The summed E-state index contributed by atoms with van der Waals surface area (Å²) >= 11 is 0. The average molecular weight is 383 g/mol. The SMILES string of the molecule is COc1ccc(NC(=O)CN2CCC(Cc3ccccc3)CC2)c([N+](=O)[O-])c1.